The zero-order chi connectivity index (χ0) is 19.3. The molecule has 0 unspecified atom stereocenters. The van der Waals surface area contributed by atoms with Crippen LogP contribution in [-0.2, 0) is 11.3 Å². The molecule has 140 valence electrons. The summed E-state index contributed by atoms with van der Waals surface area (Å²) < 4.78 is 49.7. The van der Waals surface area contributed by atoms with E-state index in [-0.39, 0.29) is 18.1 Å². The molecule has 0 saturated heterocycles. The van der Waals surface area contributed by atoms with E-state index >= 15 is 0 Å². The predicted octanol–water partition coefficient (Wildman–Crippen LogP) is 3.57. The van der Waals surface area contributed by atoms with Gasteiger partial charge in [-0.2, -0.15) is 0 Å². The number of aromatic amines is 1. The van der Waals surface area contributed by atoms with Gasteiger partial charge in [0.15, 0.2) is 23.2 Å². The number of esters is 1. The number of H-pyrrole nitrogens is 1. The average molecular weight is 369 g/mol. The van der Waals surface area contributed by atoms with Crippen LogP contribution in [0.4, 0.5) is 13.2 Å². The molecule has 0 amide bonds. The minimum absolute atomic E-state index is 0.132. The van der Waals surface area contributed by atoms with Crippen LogP contribution < -0.4 is 10.2 Å². The van der Waals surface area contributed by atoms with E-state index in [9.17, 15) is 22.8 Å². The lowest BCUT2D eigenvalue weighted by atomic mass is 10.1. The first-order valence-electron chi connectivity index (χ1n) is 7.94. The van der Waals surface area contributed by atoms with Gasteiger partial charge in [-0.25, -0.2) is 18.0 Å². The Balaban J connectivity index is 1.99. The maximum Gasteiger partial charge on any atom is 0.341 e. The van der Waals surface area contributed by atoms with Crippen molar-refractivity contribution >= 4 is 5.97 Å². The molecule has 1 aromatic heterocycles. The average Bonchev–Trinajstić information content (AvgIpc) is 2.59. The van der Waals surface area contributed by atoms with Gasteiger partial charge in [-0.05, 0) is 24.5 Å². The Morgan fingerprint density at radius 1 is 1.19 bits per heavy atom. The number of rotatable bonds is 7. The fourth-order valence-corrected chi connectivity index (χ4v) is 2.01. The van der Waals surface area contributed by atoms with E-state index in [4.69, 9.17) is 9.47 Å². The van der Waals surface area contributed by atoms with Gasteiger partial charge in [-0.15, -0.1) is 0 Å². The first-order chi connectivity index (χ1) is 12.3. The molecule has 5 nitrogen and oxygen atoms in total. The minimum atomic E-state index is -1.75. The third-order valence-electron chi connectivity index (χ3n) is 3.50. The van der Waals surface area contributed by atoms with Gasteiger partial charge in [0, 0.05) is 12.3 Å². The lowest BCUT2D eigenvalue weighted by Gasteiger charge is -2.09. The Morgan fingerprint density at radius 3 is 2.58 bits per heavy atom. The molecule has 0 aliphatic heterocycles. The second kappa shape index (κ2) is 8.55. The summed E-state index contributed by atoms with van der Waals surface area (Å²) >= 11 is 0. The second-order valence-corrected chi connectivity index (χ2v) is 6.02. The summed E-state index contributed by atoms with van der Waals surface area (Å²) in [6, 6.07) is 2.59. The first kappa shape index (κ1) is 19.6. The predicted molar refractivity (Wildman–Crippen MR) is 87.4 cm³/mol. The molecule has 26 heavy (non-hydrogen) atoms. The van der Waals surface area contributed by atoms with Gasteiger partial charge in [0.1, 0.15) is 6.61 Å². The Hall–Kier alpha value is -2.77. The standard InChI is InChI=1S/C18H18F3NO4/c1-10(2)5-6-25-15-8-22-11(7-14(15)23)9-26-18(24)12-3-4-13(19)17(21)16(12)20/h3-4,7-8,10H,5-6,9H2,1-2H3,(H,22,23). The number of pyridine rings is 1. The molecule has 1 heterocycles. The van der Waals surface area contributed by atoms with Gasteiger partial charge in [0.2, 0.25) is 5.43 Å². The molecule has 0 spiro atoms. The fraction of sp³-hybridized carbons (Fsp3) is 0.333. The molecule has 0 aliphatic carbocycles. The quantitative estimate of drug-likeness (QED) is 0.598. The van der Waals surface area contributed by atoms with Crippen molar-refractivity contribution in [2.24, 2.45) is 5.92 Å². The normalized spacial score (nSPS) is 10.8. The number of ether oxygens (including phenoxy) is 2. The SMILES string of the molecule is CC(C)CCOc1c[nH]c(COC(=O)c2ccc(F)c(F)c2F)cc1=O. The Morgan fingerprint density at radius 2 is 1.92 bits per heavy atom. The van der Waals surface area contributed by atoms with Crippen LogP contribution in [0.2, 0.25) is 0 Å². The molecule has 2 rings (SSSR count). The zero-order valence-corrected chi connectivity index (χ0v) is 14.3. The fourth-order valence-electron chi connectivity index (χ4n) is 2.01. The lowest BCUT2D eigenvalue weighted by Crippen LogP contribution is -2.14. The maximum absolute atomic E-state index is 13.5. The van der Waals surface area contributed by atoms with E-state index in [2.05, 4.69) is 4.98 Å². The first-order valence-corrected chi connectivity index (χ1v) is 7.94. The maximum atomic E-state index is 13.5. The summed E-state index contributed by atoms with van der Waals surface area (Å²) in [4.78, 5) is 26.4. The van der Waals surface area contributed by atoms with E-state index in [1.165, 1.54) is 12.3 Å². The van der Waals surface area contributed by atoms with Crippen LogP contribution in [0.15, 0.2) is 29.2 Å². The van der Waals surface area contributed by atoms with Gasteiger partial charge in [-0.1, -0.05) is 13.8 Å². The van der Waals surface area contributed by atoms with Crippen molar-refractivity contribution in [3.8, 4) is 5.75 Å². The van der Waals surface area contributed by atoms with E-state index in [0.29, 0.717) is 18.6 Å². The van der Waals surface area contributed by atoms with Gasteiger partial charge in [-0.3, -0.25) is 4.79 Å². The van der Waals surface area contributed by atoms with Crippen molar-refractivity contribution < 1.29 is 27.4 Å². The summed E-state index contributed by atoms with van der Waals surface area (Å²) in [6.07, 6.45) is 2.13. The molecular formula is C18H18F3NO4. The van der Waals surface area contributed by atoms with Gasteiger partial charge < -0.3 is 14.5 Å². The van der Waals surface area contributed by atoms with Crippen LogP contribution in [-0.4, -0.2) is 17.6 Å². The molecule has 0 atom stereocenters. The van der Waals surface area contributed by atoms with Crippen LogP contribution in [0, 0.1) is 23.4 Å². The summed E-state index contributed by atoms with van der Waals surface area (Å²) in [5, 5.41) is 0. The van der Waals surface area contributed by atoms with E-state index in [1.54, 1.807) is 0 Å². The van der Waals surface area contributed by atoms with E-state index < -0.39 is 34.4 Å². The van der Waals surface area contributed by atoms with Crippen molar-refractivity contribution in [3.05, 3.63) is 63.3 Å². The minimum Gasteiger partial charge on any atom is -0.488 e. The summed E-state index contributed by atoms with van der Waals surface area (Å²) in [6.45, 7) is 4.07. The van der Waals surface area contributed by atoms with Gasteiger partial charge in [0.05, 0.1) is 17.9 Å². The van der Waals surface area contributed by atoms with Crippen LogP contribution in [0.5, 0.6) is 5.75 Å². The largest absolute Gasteiger partial charge is 0.488 e. The Bertz CT molecular complexity index is 849. The molecule has 1 aromatic carbocycles. The molecule has 0 aliphatic rings. The topological polar surface area (TPSA) is 68.4 Å². The van der Waals surface area contributed by atoms with Crippen molar-refractivity contribution in [1.82, 2.24) is 4.98 Å². The van der Waals surface area contributed by atoms with Gasteiger partial charge in [0.25, 0.3) is 0 Å². The zero-order valence-electron chi connectivity index (χ0n) is 14.3. The van der Waals surface area contributed by atoms with Crippen molar-refractivity contribution in [2.75, 3.05) is 6.61 Å². The summed E-state index contributed by atoms with van der Waals surface area (Å²) in [5.41, 5.74) is -0.903. The van der Waals surface area contributed by atoms with Crippen LogP contribution >= 0.6 is 0 Å². The lowest BCUT2D eigenvalue weighted by molar-refractivity contribution is 0.0460. The molecule has 0 bridgehead atoms. The van der Waals surface area contributed by atoms with Gasteiger partial charge >= 0.3 is 5.97 Å². The molecule has 2 aromatic rings. The highest BCUT2D eigenvalue weighted by Gasteiger charge is 2.20. The smallest absolute Gasteiger partial charge is 0.341 e. The Kier molecular flexibility index (Phi) is 6.43. The number of aromatic nitrogens is 1. The number of hydrogen-bond acceptors (Lipinski definition) is 4. The number of benzene rings is 1. The number of carbonyl (C=O) groups is 1. The molecule has 0 saturated carbocycles. The van der Waals surface area contributed by atoms with Crippen LogP contribution in [0.3, 0.4) is 0 Å². The molecule has 1 N–H and O–H groups in total. The molecule has 0 radical (unpaired) electrons. The molecule has 8 heteroatoms. The number of carbonyl (C=O) groups excluding carboxylic acids is 1. The summed E-state index contributed by atoms with van der Waals surface area (Å²) in [7, 11) is 0. The number of halogens is 3. The second-order valence-electron chi connectivity index (χ2n) is 6.02. The number of nitrogens with one attached hydrogen (secondary N) is 1. The van der Waals surface area contributed by atoms with Crippen molar-refractivity contribution in [2.45, 2.75) is 26.9 Å². The van der Waals surface area contributed by atoms with Crippen LogP contribution in [0.25, 0.3) is 0 Å². The van der Waals surface area contributed by atoms with E-state index in [0.717, 1.165) is 12.5 Å². The monoisotopic (exact) mass is 369 g/mol. The highest BCUT2D eigenvalue weighted by molar-refractivity contribution is 5.89. The third kappa shape index (κ3) is 4.87. The third-order valence-corrected chi connectivity index (χ3v) is 3.50. The molecule has 0 fully saturated rings. The molecular weight excluding hydrogens is 351 g/mol. The van der Waals surface area contributed by atoms with Crippen LogP contribution in [0.1, 0.15) is 36.3 Å². The number of hydrogen-bond donors (Lipinski definition) is 1. The van der Waals surface area contributed by atoms with Crippen molar-refractivity contribution in [1.29, 1.82) is 0 Å². The highest BCUT2D eigenvalue weighted by atomic mass is 19.2. The highest BCUT2D eigenvalue weighted by Crippen LogP contribution is 2.16. The summed E-state index contributed by atoms with van der Waals surface area (Å²) in [5.74, 6) is -5.40. The van der Waals surface area contributed by atoms with Crippen molar-refractivity contribution in [3.63, 3.8) is 0 Å². The van der Waals surface area contributed by atoms with E-state index in [1.807, 2.05) is 13.8 Å². The Labute approximate surface area is 147 Å².